The van der Waals surface area contributed by atoms with Gasteiger partial charge in [-0.25, -0.2) is 0 Å². The Morgan fingerprint density at radius 2 is 1.89 bits per heavy atom. The lowest BCUT2D eigenvalue weighted by atomic mass is 9.81. The lowest BCUT2D eigenvalue weighted by molar-refractivity contribution is -0.150. The maximum Gasteiger partial charge on any atom is 0.246 e. The molecule has 2 amide bonds. The minimum atomic E-state index is -0.340. The molecule has 1 N–H and O–H groups in total. The second-order valence-electron chi connectivity index (χ2n) is 7.26. The van der Waals surface area contributed by atoms with Crippen LogP contribution in [-0.4, -0.2) is 35.3 Å². The largest absolute Gasteiger partial charge is 0.342 e. The van der Waals surface area contributed by atoms with Gasteiger partial charge in [-0.1, -0.05) is 27.7 Å². The fraction of sp³-hybridized carbons (Fsp3) is 0.867. The Labute approximate surface area is 115 Å². The van der Waals surface area contributed by atoms with Crippen molar-refractivity contribution in [3.63, 3.8) is 0 Å². The molecule has 19 heavy (non-hydrogen) atoms. The zero-order valence-corrected chi connectivity index (χ0v) is 12.7. The Morgan fingerprint density at radius 3 is 2.37 bits per heavy atom. The van der Waals surface area contributed by atoms with Crippen molar-refractivity contribution in [1.29, 1.82) is 0 Å². The van der Waals surface area contributed by atoms with E-state index in [1.165, 1.54) is 0 Å². The zero-order chi connectivity index (χ0) is 14.4. The van der Waals surface area contributed by atoms with E-state index in [4.69, 9.17) is 0 Å². The molecule has 108 valence electrons. The first kappa shape index (κ1) is 14.4. The van der Waals surface area contributed by atoms with Crippen LogP contribution in [0.4, 0.5) is 0 Å². The molecule has 3 unspecified atom stereocenters. The molecule has 0 aromatic carbocycles. The number of carbonyl (C=O) groups is 2. The van der Waals surface area contributed by atoms with Gasteiger partial charge in [-0.15, -0.1) is 0 Å². The van der Waals surface area contributed by atoms with Gasteiger partial charge in [-0.3, -0.25) is 9.59 Å². The summed E-state index contributed by atoms with van der Waals surface area (Å²) < 4.78 is 0. The minimum absolute atomic E-state index is 0.00221. The van der Waals surface area contributed by atoms with Crippen LogP contribution in [0.2, 0.25) is 0 Å². The van der Waals surface area contributed by atoms with E-state index < -0.39 is 0 Å². The molecule has 0 aromatic heterocycles. The van der Waals surface area contributed by atoms with E-state index in [9.17, 15) is 9.59 Å². The normalized spacial score (nSPS) is 30.3. The molecule has 4 nitrogen and oxygen atoms in total. The minimum Gasteiger partial charge on any atom is -0.342 e. The van der Waals surface area contributed by atoms with Crippen molar-refractivity contribution in [3.8, 4) is 0 Å². The van der Waals surface area contributed by atoms with Crippen molar-refractivity contribution in [2.75, 3.05) is 6.54 Å². The molecule has 2 fully saturated rings. The Morgan fingerprint density at radius 1 is 1.32 bits per heavy atom. The molecular formula is C15H26N2O2. The number of rotatable bonds is 3. The first-order valence-electron chi connectivity index (χ1n) is 7.32. The van der Waals surface area contributed by atoms with Crippen LogP contribution < -0.4 is 5.32 Å². The molecule has 4 heteroatoms. The number of hydrogen-bond donors (Lipinski definition) is 1. The van der Waals surface area contributed by atoms with Gasteiger partial charge in [0.1, 0.15) is 12.1 Å². The maximum absolute atomic E-state index is 12.5. The molecule has 0 spiro atoms. The van der Waals surface area contributed by atoms with Crippen molar-refractivity contribution < 1.29 is 9.59 Å². The Balaban J connectivity index is 2.11. The van der Waals surface area contributed by atoms with Crippen molar-refractivity contribution in [2.24, 2.45) is 17.3 Å². The quantitative estimate of drug-likeness (QED) is 0.846. The highest BCUT2D eigenvalue weighted by molar-refractivity contribution is 5.97. The molecule has 1 aliphatic heterocycles. The van der Waals surface area contributed by atoms with Gasteiger partial charge in [-0.2, -0.15) is 0 Å². The molecule has 2 aliphatic rings. The highest BCUT2D eigenvalue weighted by atomic mass is 16.2. The summed E-state index contributed by atoms with van der Waals surface area (Å²) in [7, 11) is 0. The van der Waals surface area contributed by atoms with Gasteiger partial charge >= 0.3 is 0 Å². The summed E-state index contributed by atoms with van der Waals surface area (Å²) in [5.74, 6) is 0.851. The van der Waals surface area contributed by atoms with Gasteiger partial charge in [0, 0.05) is 6.54 Å². The van der Waals surface area contributed by atoms with Crippen molar-refractivity contribution >= 4 is 11.8 Å². The van der Waals surface area contributed by atoms with Crippen LogP contribution in [0.25, 0.3) is 0 Å². The third-order valence-electron chi connectivity index (χ3n) is 4.74. The molecule has 0 aromatic rings. The fourth-order valence-electron chi connectivity index (χ4n) is 2.41. The monoisotopic (exact) mass is 266 g/mol. The SMILES string of the molecule is CC1C(=O)NC(C2CC2)C(=O)N1CC(C)C(C)(C)C. The van der Waals surface area contributed by atoms with E-state index in [2.05, 4.69) is 33.0 Å². The maximum atomic E-state index is 12.5. The summed E-state index contributed by atoms with van der Waals surface area (Å²) in [5.41, 5.74) is 0.142. The predicted octanol–water partition coefficient (Wildman–Crippen LogP) is 1.79. The van der Waals surface area contributed by atoms with Gasteiger partial charge < -0.3 is 10.2 Å². The van der Waals surface area contributed by atoms with Crippen molar-refractivity contribution in [2.45, 2.75) is 59.5 Å². The van der Waals surface area contributed by atoms with E-state index in [0.717, 1.165) is 12.8 Å². The second kappa shape index (κ2) is 4.80. The Bertz CT molecular complexity index is 382. The van der Waals surface area contributed by atoms with Crippen LogP contribution in [0, 0.1) is 17.3 Å². The van der Waals surface area contributed by atoms with Crippen LogP contribution in [0.1, 0.15) is 47.5 Å². The molecule has 1 aliphatic carbocycles. The topological polar surface area (TPSA) is 49.4 Å². The van der Waals surface area contributed by atoms with Gasteiger partial charge in [-0.05, 0) is 37.0 Å². The summed E-state index contributed by atoms with van der Waals surface area (Å²) in [4.78, 5) is 26.3. The molecule has 1 heterocycles. The standard InChI is InChI=1S/C15H26N2O2/c1-9(15(3,4)5)8-17-10(2)13(18)16-12(14(17)19)11-6-7-11/h9-12H,6-8H2,1-5H3,(H,16,18). The lowest BCUT2D eigenvalue weighted by Gasteiger charge is -2.41. The van der Waals surface area contributed by atoms with Crippen molar-refractivity contribution in [3.05, 3.63) is 0 Å². The number of piperazine rings is 1. The lowest BCUT2D eigenvalue weighted by Crippen LogP contribution is -2.64. The molecule has 1 saturated heterocycles. The zero-order valence-electron chi connectivity index (χ0n) is 12.7. The average Bonchev–Trinajstić information content (AvgIpc) is 3.11. The average molecular weight is 266 g/mol. The van der Waals surface area contributed by atoms with Crippen LogP contribution in [0.15, 0.2) is 0 Å². The number of amides is 2. The second-order valence-corrected chi connectivity index (χ2v) is 7.26. The molecular weight excluding hydrogens is 240 g/mol. The van der Waals surface area contributed by atoms with Crippen LogP contribution in [0.5, 0.6) is 0 Å². The fourth-order valence-corrected chi connectivity index (χ4v) is 2.41. The highest BCUT2D eigenvalue weighted by Gasteiger charge is 2.46. The number of nitrogens with one attached hydrogen (secondary N) is 1. The molecule has 0 radical (unpaired) electrons. The van der Waals surface area contributed by atoms with E-state index in [1.54, 1.807) is 4.90 Å². The van der Waals surface area contributed by atoms with E-state index in [0.29, 0.717) is 18.4 Å². The summed E-state index contributed by atoms with van der Waals surface area (Å²) in [6, 6.07) is -0.608. The van der Waals surface area contributed by atoms with Gasteiger partial charge in [0.15, 0.2) is 0 Å². The van der Waals surface area contributed by atoms with Gasteiger partial charge in [0.05, 0.1) is 0 Å². The van der Waals surface area contributed by atoms with E-state index in [1.807, 2.05) is 6.92 Å². The Hall–Kier alpha value is -1.06. The summed E-state index contributed by atoms with van der Waals surface area (Å²) in [6.07, 6.45) is 2.13. The number of carbonyl (C=O) groups excluding carboxylic acids is 2. The Kier molecular flexibility index (Phi) is 3.63. The van der Waals surface area contributed by atoms with Crippen LogP contribution >= 0.6 is 0 Å². The third-order valence-corrected chi connectivity index (χ3v) is 4.74. The third kappa shape index (κ3) is 2.93. The molecule has 1 saturated carbocycles. The van der Waals surface area contributed by atoms with Gasteiger partial charge in [0.2, 0.25) is 11.8 Å². The van der Waals surface area contributed by atoms with E-state index in [-0.39, 0.29) is 29.3 Å². The number of nitrogens with zero attached hydrogens (tertiary/aromatic N) is 1. The smallest absolute Gasteiger partial charge is 0.246 e. The highest BCUT2D eigenvalue weighted by Crippen LogP contribution is 2.36. The molecule has 0 bridgehead atoms. The summed E-state index contributed by atoms with van der Waals surface area (Å²) >= 11 is 0. The predicted molar refractivity (Wildman–Crippen MR) is 74.4 cm³/mol. The molecule has 3 atom stereocenters. The number of hydrogen-bond acceptors (Lipinski definition) is 2. The van der Waals surface area contributed by atoms with Crippen LogP contribution in [0.3, 0.4) is 0 Å². The van der Waals surface area contributed by atoms with Crippen LogP contribution in [-0.2, 0) is 9.59 Å². The van der Waals surface area contributed by atoms with E-state index >= 15 is 0 Å². The summed E-state index contributed by atoms with van der Waals surface area (Å²) in [6.45, 7) is 11.2. The van der Waals surface area contributed by atoms with Gasteiger partial charge in [0.25, 0.3) is 0 Å². The first-order valence-corrected chi connectivity index (χ1v) is 7.32. The first-order chi connectivity index (χ1) is 8.71. The summed E-state index contributed by atoms with van der Waals surface area (Å²) in [5, 5.41) is 2.89. The molecule has 2 rings (SSSR count). The van der Waals surface area contributed by atoms with Crippen molar-refractivity contribution in [1.82, 2.24) is 10.2 Å².